The minimum atomic E-state index is -3.63. The number of nitrogens with zero attached hydrogens (tertiary/aromatic N) is 1. The lowest BCUT2D eigenvalue weighted by Crippen LogP contribution is -2.49. The molecule has 4 rings (SSSR count). The van der Waals surface area contributed by atoms with Gasteiger partial charge in [0.2, 0.25) is 10.0 Å². The Bertz CT molecular complexity index is 1160. The van der Waals surface area contributed by atoms with Crippen LogP contribution in [0, 0.1) is 5.41 Å². The summed E-state index contributed by atoms with van der Waals surface area (Å²) in [6, 6.07) is 15.2. The molecule has 0 N–H and O–H groups in total. The molecule has 1 heterocycles. The number of hydrogen-bond acceptors (Lipinski definition) is 4. The molecule has 2 aromatic rings. The largest absolute Gasteiger partial charge is 0.497 e. The van der Waals surface area contributed by atoms with Crippen LogP contribution in [0.4, 0.5) is 0 Å². The highest BCUT2D eigenvalue weighted by Gasteiger charge is 2.45. The number of sulfonamides is 1. The molecule has 1 aliphatic heterocycles. The molecule has 0 radical (unpaired) electrons. The second kappa shape index (κ2) is 8.73. The third-order valence-corrected chi connectivity index (χ3v) is 8.89. The third kappa shape index (κ3) is 4.78. The first-order chi connectivity index (χ1) is 15.5. The van der Waals surface area contributed by atoms with Crippen LogP contribution in [0.3, 0.4) is 0 Å². The summed E-state index contributed by atoms with van der Waals surface area (Å²) >= 11 is 0. The summed E-state index contributed by atoms with van der Waals surface area (Å²) in [7, 11) is -1.99. The van der Waals surface area contributed by atoms with Gasteiger partial charge in [0.25, 0.3) is 0 Å². The van der Waals surface area contributed by atoms with Crippen molar-refractivity contribution in [2.45, 2.75) is 56.8 Å². The van der Waals surface area contributed by atoms with E-state index < -0.39 is 10.0 Å². The third-order valence-electron chi connectivity index (χ3n) is 7.04. The van der Waals surface area contributed by atoms with Crippen molar-refractivity contribution >= 4 is 15.8 Å². The molecular formula is C27H33NO4S. The summed E-state index contributed by atoms with van der Waals surface area (Å²) in [4.78, 5) is 12.5. The SMILES string of the molecule is COc1ccc(C[C@]23CCC(=O)C=C2CCN(S(=O)(=O)c2ccc(C(C)(C)C)cc2)C3)cc1. The van der Waals surface area contributed by atoms with E-state index in [-0.39, 0.29) is 16.6 Å². The molecule has 0 saturated carbocycles. The highest BCUT2D eigenvalue weighted by Crippen LogP contribution is 2.46. The highest BCUT2D eigenvalue weighted by molar-refractivity contribution is 7.89. The molecule has 176 valence electrons. The zero-order valence-corrected chi connectivity index (χ0v) is 20.7. The Morgan fingerprint density at radius 2 is 1.67 bits per heavy atom. The van der Waals surface area contributed by atoms with Gasteiger partial charge in [-0.3, -0.25) is 4.79 Å². The maximum absolute atomic E-state index is 13.6. The van der Waals surface area contributed by atoms with Crippen LogP contribution in [-0.4, -0.2) is 38.7 Å². The number of rotatable bonds is 5. The van der Waals surface area contributed by atoms with Crippen molar-refractivity contribution in [3.8, 4) is 5.75 Å². The van der Waals surface area contributed by atoms with Gasteiger partial charge >= 0.3 is 0 Å². The lowest BCUT2D eigenvalue weighted by atomic mass is 9.66. The van der Waals surface area contributed by atoms with E-state index in [9.17, 15) is 13.2 Å². The summed E-state index contributed by atoms with van der Waals surface area (Å²) in [6.45, 7) is 7.13. The molecule has 0 amide bonds. The van der Waals surface area contributed by atoms with Crippen molar-refractivity contribution < 1.29 is 17.9 Å². The first-order valence-corrected chi connectivity index (χ1v) is 13.0. The fourth-order valence-electron chi connectivity index (χ4n) is 5.00. The van der Waals surface area contributed by atoms with Crippen molar-refractivity contribution in [2.75, 3.05) is 20.2 Å². The van der Waals surface area contributed by atoms with Gasteiger partial charge in [-0.2, -0.15) is 4.31 Å². The summed E-state index contributed by atoms with van der Waals surface area (Å²) in [5.41, 5.74) is 2.91. The molecule has 1 fully saturated rings. The summed E-state index contributed by atoms with van der Waals surface area (Å²) < 4.78 is 34.1. The van der Waals surface area contributed by atoms with Gasteiger partial charge in [-0.25, -0.2) is 8.42 Å². The van der Waals surface area contributed by atoms with E-state index in [1.165, 1.54) is 0 Å². The van der Waals surface area contributed by atoms with Gasteiger partial charge in [-0.1, -0.05) is 50.6 Å². The molecule has 2 aromatic carbocycles. The number of benzene rings is 2. The van der Waals surface area contributed by atoms with Crippen LogP contribution in [0.2, 0.25) is 0 Å². The Balaban J connectivity index is 1.64. The Kier molecular flexibility index (Phi) is 6.27. The number of carbonyl (C=O) groups is 1. The number of piperidine rings is 1. The Labute approximate surface area is 197 Å². The first kappa shape index (κ1) is 23.7. The number of hydrogen-bond donors (Lipinski definition) is 0. The molecule has 1 atom stereocenters. The van der Waals surface area contributed by atoms with E-state index >= 15 is 0 Å². The molecule has 6 heteroatoms. The summed E-state index contributed by atoms with van der Waals surface area (Å²) in [5, 5.41) is 0. The van der Waals surface area contributed by atoms with Crippen molar-refractivity contribution in [3.05, 3.63) is 71.3 Å². The molecule has 1 aliphatic carbocycles. The van der Waals surface area contributed by atoms with Gasteiger partial charge in [-0.15, -0.1) is 0 Å². The van der Waals surface area contributed by atoms with E-state index in [2.05, 4.69) is 20.8 Å². The molecule has 0 spiro atoms. The topological polar surface area (TPSA) is 63.7 Å². The van der Waals surface area contributed by atoms with Gasteiger partial charge in [0.1, 0.15) is 5.75 Å². The maximum Gasteiger partial charge on any atom is 0.243 e. The average molecular weight is 468 g/mol. The van der Waals surface area contributed by atoms with Gasteiger partial charge in [0.05, 0.1) is 12.0 Å². The van der Waals surface area contributed by atoms with Gasteiger partial charge in [-0.05, 0) is 66.1 Å². The van der Waals surface area contributed by atoms with Crippen LogP contribution in [-0.2, 0) is 26.7 Å². The molecule has 0 bridgehead atoms. The van der Waals surface area contributed by atoms with Crippen molar-refractivity contribution in [1.82, 2.24) is 4.31 Å². The minimum absolute atomic E-state index is 0.0375. The molecule has 2 aliphatic rings. The second-order valence-electron chi connectivity index (χ2n) is 10.3. The smallest absolute Gasteiger partial charge is 0.243 e. The Morgan fingerprint density at radius 1 is 1.00 bits per heavy atom. The normalized spacial score (nSPS) is 21.9. The summed E-state index contributed by atoms with van der Waals surface area (Å²) in [5.74, 6) is 0.932. The van der Waals surface area contributed by atoms with Crippen molar-refractivity contribution in [2.24, 2.45) is 5.41 Å². The Hall–Kier alpha value is -2.44. The monoisotopic (exact) mass is 467 g/mol. The van der Waals surface area contributed by atoms with E-state index in [0.717, 1.165) is 22.4 Å². The Morgan fingerprint density at radius 3 is 2.27 bits per heavy atom. The number of ketones is 1. The molecule has 1 saturated heterocycles. The van der Waals surface area contributed by atoms with Crippen LogP contribution in [0.1, 0.15) is 51.2 Å². The molecule has 5 nitrogen and oxygen atoms in total. The molecule has 0 aromatic heterocycles. The fraction of sp³-hybridized carbons (Fsp3) is 0.444. The zero-order valence-electron chi connectivity index (χ0n) is 19.9. The molecular weight excluding hydrogens is 434 g/mol. The van der Waals surface area contributed by atoms with Crippen molar-refractivity contribution in [1.29, 1.82) is 0 Å². The van der Waals surface area contributed by atoms with Crippen molar-refractivity contribution in [3.63, 3.8) is 0 Å². The number of methoxy groups -OCH3 is 1. The summed E-state index contributed by atoms with van der Waals surface area (Å²) in [6.07, 6.45) is 4.17. The van der Waals surface area contributed by atoms with Crippen LogP contribution in [0.15, 0.2) is 65.1 Å². The number of carbonyl (C=O) groups excluding carboxylic acids is 1. The zero-order chi connectivity index (χ0) is 23.9. The van der Waals surface area contributed by atoms with Gasteiger partial charge in [0, 0.05) is 24.9 Å². The van der Waals surface area contributed by atoms with E-state index in [1.54, 1.807) is 29.6 Å². The molecule has 33 heavy (non-hydrogen) atoms. The first-order valence-electron chi connectivity index (χ1n) is 11.5. The lowest BCUT2D eigenvalue weighted by Gasteiger charge is -2.46. The van der Waals surface area contributed by atoms with Crippen LogP contribution < -0.4 is 4.74 Å². The fourth-order valence-corrected chi connectivity index (χ4v) is 6.52. The standard InChI is InChI=1S/C27H33NO4S/c1-26(2,3)21-7-11-25(12-8-21)33(30,31)28-16-14-22-17-23(29)13-15-27(22,19-28)18-20-5-9-24(32-4)10-6-20/h5-12,17H,13-16,18-19H2,1-4H3/t27-/m0/s1. The maximum atomic E-state index is 13.6. The number of ether oxygens (including phenoxy) is 1. The quantitative estimate of drug-likeness (QED) is 0.627. The van der Waals surface area contributed by atoms with Gasteiger partial charge in [0.15, 0.2) is 5.78 Å². The minimum Gasteiger partial charge on any atom is -0.497 e. The number of fused-ring (bicyclic) bond motifs is 1. The number of allylic oxidation sites excluding steroid dienone is 1. The van der Waals surface area contributed by atoms with Crippen LogP contribution in [0.5, 0.6) is 5.75 Å². The predicted molar refractivity (Wildman–Crippen MR) is 130 cm³/mol. The highest BCUT2D eigenvalue weighted by atomic mass is 32.2. The van der Waals surface area contributed by atoms with E-state index in [0.29, 0.717) is 43.7 Å². The predicted octanol–water partition coefficient (Wildman–Crippen LogP) is 4.91. The van der Waals surface area contributed by atoms with E-state index in [1.807, 2.05) is 36.4 Å². The van der Waals surface area contributed by atoms with Crippen LogP contribution in [0.25, 0.3) is 0 Å². The lowest BCUT2D eigenvalue weighted by molar-refractivity contribution is -0.116. The second-order valence-corrected chi connectivity index (χ2v) is 12.2. The van der Waals surface area contributed by atoms with Gasteiger partial charge < -0.3 is 4.74 Å². The van der Waals surface area contributed by atoms with E-state index in [4.69, 9.17) is 4.74 Å². The van der Waals surface area contributed by atoms with Crippen LogP contribution >= 0.6 is 0 Å². The average Bonchev–Trinajstić information content (AvgIpc) is 2.79. The molecule has 0 unspecified atom stereocenters.